The molecule has 0 aromatic heterocycles. The number of carbonyl (C=O) groups excluding carboxylic acids is 1. The second kappa shape index (κ2) is 8.81. The lowest BCUT2D eigenvalue weighted by molar-refractivity contribution is -0.176. The molecule has 0 heterocycles. The van der Waals surface area contributed by atoms with Crippen molar-refractivity contribution < 1.29 is 30.3 Å². The molecule has 0 unspecified atom stereocenters. The molecule has 5 N–H and O–H groups in total. The average molecular weight is 499 g/mol. The first-order valence-corrected chi connectivity index (χ1v) is 13.6. The van der Waals surface area contributed by atoms with Crippen molar-refractivity contribution in [2.24, 2.45) is 34.5 Å². The second-order valence-electron chi connectivity index (χ2n) is 12.7. The van der Waals surface area contributed by atoms with E-state index in [0.29, 0.717) is 44.4 Å². The van der Waals surface area contributed by atoms with Crippen LogP contribution in [0, 0.1) is 34.5 Å². The van der Waals surface area contributed by atoms with E-state index in [-0.39, 0.29) is 35.9 Å². The van der Waals surface area contributed by atoms with Gasteiger partial charge in [0.2, 0.25) is 0 Å². The van der Waals surface area contributed by atoms with Crippen LogP contribution >= 0.6 is 11.6 Å². The number of rotatable bonds is 6. The Kier molecular flexibility index (Phi) is 6.88. The zero-order valence-corrected chi connectivity index (χ0v) is 21.8. The van der Waals surface area contributed by atoms with Gasteiger partial charge in [0.15, 0.2) is 5.78 Å². The number of aliphatic hydroxyl groups excluding tert-OH is 3. The first-order valence-electron chi connectivity index (χ1n) is 13.0. The molecule has 7 heteroatoms. The molecule has 4 aliphatic rings. The standard InChI is InChI=1S/C27H43ClO6/c1-15(14-28)5-6-23(32)26(4,33)22-8-10-27(34)17-11-19(29)18-12-20(30)21(31)13-24(18,2)16(17)7-9-25(22,27)3/h11,15-16,18,20-23,30-34H,5-10,12-14H2,1-4H3/t15-,16-,18-,20+,21-,22-,23+,24+,25+,26+,27+/m0/s1. The molecule has 3 fully saturated rings. The molecule has 0 amide bonds. The summed E-state index contributed by atoms with van der Waals surface area (Å²) < 4.78 is 0. The molecule has 4 aliphatic carbocycles. The zero-order chi connectivity index (χ0) is 25.3. The number of alkyl halides is 1. The van der Waals surface area contributed by atoms with E-state index in [2.05, 4.69) is 0 Å². The van der Waals surface area contributed by atoms with Crippen LogP contribution in [0.15, 0.2) is 11.6 Å². The van der Waals surface area contributed by atoms with Crippen LogP contribution in [-0.4, -0.2) is 66.7 Å². The molecule has 0 aromatic rings. The molecule has 0 spiro atoms. The minimum absolute atomic E-state index is 0.0615. The molecule has 0 aliphatic heterocycles. The van der Waals surface area contributed by atoms with Gasteiger partial charge >= 0.3 is 0 Å². The van der Waals surface area contributed by atoms with Gasteiger partial charge in [-0.05, 0) is 93.1 Å². The van der Waals surface area contributed by atoms with E-state index in [1.54, 1.807) is 13.0 Å². The van der Waals surface area contributed by atoms with Crippen LogP contribution in [0.1, 0.15) is 79.1 Å². The summed E-state index contributed by atoms with van der Waals surface area (Å²) in [4.78, 5) is 13.3. The number of aliphatic hydroxyl groups is 5. The van der Waals surface area contributed by atoms with Gasteiger partial charge in [-0.15, -0.1) is 11.6 Å². The van der Waals surface area contributed by atoms with Crippen LogP contribution in [0.3, 0.4) is 0 Å². The molecule has 0 bridgehead atoms. The largest absolute Gasteiger partial charge is 0.390 e. The number of allylic oxidation sites excluding steroid dienone is 1. The van der Waals surface area contributed by atoms with E-state index in [9.17, 15) is 30.3 Å². The highest BCUT2D eigenvalue weighted by molar-refractivity contribution is 6.18. The van der Waals surface area contributed by atoms with Crippen LogP contribution < -0.4 is 0 Å². The van der Waals surface area contributed by atoms with Crippen molar-refractivity contribution in [3.05, 3.63) is 11.6 Å². The molecule has 0 aromatic carbocycles. The Labute approximate surface area is 208 Å². The maximum atomic E-state index is 13.3. The van der Waals surface area contributed by atoms with E-state index in [0.717, 1.165) is 12.0 Å². The third kappa shape index (κ3) is 3.74. The van der Waals surface area contributed by atoms with Crippen molar-refractivity contribution in [1.29, 1.82) is 0 Å². The summed E-state index contributed by atoms with van der Waals surface area (Å²) in [5.41, 5.74) is -3.10. The van der Waals surface area contributed by atoms with Gasteiger partial charge in [-0.2, -0.15) is 0 Å². The summed E-state index contributed by atoms with van der Waals surface area (Å²) in [6.45, 7) is 7.74. The van der Waals surface area contributed by atoms with E-state index in [4.69, 9.17) is 11.6 Å². The van der Waals surface area contributed by atoms with Crippen molar-refractivity contribution in [2.45, 2.75) is 109 Å². The fourth-order valence-corrected chi connectivity index (χ4v) is 8.51. The van der Waals surface area contributed by atoms with E-state index in [1.807, 2.05) is 20.8 Å². The summed E-state index contributed by atoms with van der Waals surface area (Å²) in [5.74, 6) is -0.0808. The van der Waals surface area contributed by atoms with Crippen molar-refractivity contribution in [2.75, 3.05) is 5.88 Å². The van der Waals surface area contributed by atoms with E-state index in [1.165, 1.54) is 0 Å². The summed E-state index contributed by atoms with van der Waals surface area (Å²) in [7, 11) is 0. The Bertz CT molecular complexity index is 843. The van der Waals surface area contributed by atoms with Crippen LogP contribution in [0.5, 0.6) is 0 Å². The first-order chi connectivity index (χ1) is 15.7. The quantitative estimate of drug-likeness (QED) is 0.359. The van der Waals surface area contributed by atoms with Crippen molar-refractivity contribution >= 4 is 17.4 Å². The molecule has 0 radical (unpaired) electrons. The number of carbonyl (C=O) groups is 1. The maximum Gasteiger partial charge on any atom is 0.159 e. The predicted octanol–water partition coefficient (Wildman–Crippen LogP) is 2.96. The first kappa shape index (κ1) is 26.6. The van der Waals surface area contributed by atoms with Crippen molar-refractivity contribution in [3.8, 4) is 0 Å². The molecular formula is C27H43ClO6. The lowest BCUT2D eigenvalue weighted by Crippen LogP contribution is -2.62. The SMILES string of the molecule is C[C@H](CCl)CC[C@@H](O)[C@](C)(O)[C@H]1CC[C@@]2(O)C3=CC(=O)[C@@H]4C[C@@H](O)[C@@H](O)C[C@]4(C)[C@H]3CC[C@]12C. The van der Waals surface area contributed by atoms with Gasteiger partial charge in [0, 0.05) is 17.2 Å². The van der Waals surface area contributed by atoms with Gasteiger partial charge in [-0.3, -0.25) is 4.79 Å². The Morgan fingerprint density at radius 3 is 2.47 bits per heavy atom. The molecule has 34 heavy (non-hydrogen) atoms. The summed E-state index contributed by atoms with van der Waals surface area (Å²) in [6.07, 6.45) is 3.02. The smallest absolute Gasteiger partial charge is 0.159 e. The van der Waals surface area contributed by atoms with Crippen LogP contribution in [0.2, 0.25) is 0 Å². The lowest BCUT2D eigenvalue weighted by Gasteiger charge is -2.60. The second-order valence-corrected chi connectivity index (χ2v) is 13.0. The summed E-state index contributed by atoms with van der Waals surface area (Å²) >= 11 is 5.92. The van der Waals surface area contributed by atoms with E-state index >= 15 is 0 Å². The molecule has 4 rings (SSSR count). The Morgan fingerprint density at radius 1 is 1.15 bits per heavy atom. The van der Waals surface area contributed by atoms with Gasteiger partial charge < -0.3 is 25.5 Å². The minimum Gasteiger partial charge on any atom is -0.390 e. The predicted molar refractivity (Wildman–Crippen MR) is 130 cm³/mol. The summed E-state index contributed by atoms with van der Waals surface area (Å²) in [6, 6.07) is 0. The molecule has 0 saturated heterocycles. The highest BCUT2D eigenvalue weighted by atomic mass is 35.5. The van der Waals surface area contributed by atoms with Gasteiger partial charge in [0.05, 0.1) is 29.5 Å². The third-order valence-electron chi connectivity index (χ3n) is 10.7. The van der Waals surface area contributed by atoms with Gasteiger partial charge in [-0.1, -0.05) is 20.8 Å². The van der Waals surface area contributed by atoms with Crippen LogP contribution in [-0.2, 0) is 4.79 Å². The van der Waals surface area contributed by atoms with Gasteiger partial charge in [-0.25, -0.2) is 0 Å². The van der Waals surface area contributed by atoms with E-state index < -0.39 is 40.3 Å². The topological polar surface area (TPSA) is 118 Å². The monoisotopic (exact) mass is 498 g/mol. The minimum atomic E-state index is -1.38. The highest BCUT2D eigenvalue weighted by Crippen LogP contribution is 2.68. The number of ketones is 1. The normalized spacial score (nSPS) is 47.6. The average Bonchev–Trinajstić information content (AvgIpc) is 3.06. The number of hydrogen-bond donors (Lipinski definition) is 5. The zero-order valence-electron chi connectivity index (χ0n) is 21.0. The lowest BCUT2D eigenvalue weighted by atomic mass is 9.45. The van der Waals surface area contributed by atoms with Crippen molar-refractivity contribution in [3.63, 3.8) is 0 Å². The van der Waals surface area contributed by atoms with Crippen molar-refractivity contribution in [1.82, 2.24) is 0 Å². The molecule has 6 nitrogen and oxygen atoms in total. The fourth-order valence-electron chi connectivity index (χ4n) is 8.35. The molecule has 194 valence electrons. The molecule has 3 saturated carbocycles. The Morgan fingerprint density at radius 2 is 1.82 bits per heavy atom. The number of hydrogen-bond acceptors (Lipinski definition) is 6. The number of halogens is 1. The summed E-state index contributed by atoms with van der Waals surface area (Å²) in [5, 5.41) is 55.5. The molecule has 11 atom stereocenters. The fraction of sp³-hybridized carbons (Fsp3) is 0.889. The third-order valence-corrected chi connectivity index (χ3v) is 11.2. The van der Waals surface area contributed by atoms with Crippen LogP contribution in [0.25, 0.3) is 0 Å². The van der Waals surface area contributed by atoms with Gasteiger partial charge in [0.25, 0.3) is 0 Å². The molecular weight excluding hydrogens is 456 g/mol. The number of fused-ring (bicyclic) bond motifs is 5. The van der Waals surface area contributed by atoms with Gasteiger partial charge in [0.1, 0.15) is 0 Å². The highest BCUT2D eigenvalue weighted by Gasteiger charge is 2.69. The van der Waals surface area contributed by atoms with Crippen LogP contribution in [0.4, 0.5) is 0 Å². The Balaban J connectivity index is 1.65. The Hall–Kier alpha value is -0.500. The maximum absolute atomic E-state index is 13.3.